The first-order valence-electron chi connectivity index (χ1n) is 5.37. The van der Waals surface area contributed by atoms with Crippen molar-refractivity contribution in [2.24, 2.45) is 0 Å². The van der Waals surface area contributed by atoms with E-state index in [2.05, 4.69) is 30.9 Å². The molecular weight excluding hydrogens is 190 g/mol. The Balaban J connectivity index is 2.49. The Kier molecular flexibility index (Phi) is 2.61. The fourth-order valence-electron chi connectivity index (χ4n) is 2.07. The Labute approximate surface area is 89.9 Å². The van der Waals surface area contributed by atoms with Gasteiger partial charge in [-0.2, -0.15) is 5.10 Å². The summed E-state index contributed by atoms with van der Waals surface area (Å²) in [7, 11) is 2.07. The van der Waals surface area contributed by atoms with Gasteiger partial charge >= 0.3 is 0 Å². The molecule has 15 heavy (non-hydrogen) atoms. The molecule has 0 aromatic carbocycles. The summed E-state index contributed by atoms with van der Waals surface area (Å²) in [4.78, 5) is 13.3. The third-order valence-electron chi connectivity index (χ3n) is 2.89. The molecule has 0 spiro atoms. The number of hydrogen-bond donors (Lipinski definition) is 0. The second-order valence-corrected chi connectivity index (χ2v) is 4.45. The largest absolute Gasteiger partial charge is 0.302 e. The fourth-order valence-corrected chi connectivity index (χ4v) is 2.07. The van der Waals surface area contributed by atoms with Crippen LogP contribution in [0.3, 0.4) is 0 Å². The molecule has 0 amide bonds. The van der Waals surface area contributed by atoms with Crippen molar-refractivity contribution in [3.8, 4) is 0 Å². The van der Waals surface area contributed by atoms with Gasteiger partial charge < -0.3 is 4.90 Å². The van der Waals surface area contributed by atoms with Crippen molar-refractivity contribution in [1.29, 1.82) is 0 Å². The molecule has 0 bridgehead atoms. The van der Waals surface area contributed by atoms with Crippen LogP contribution in [0.1, 0.15) is 41.6 Å². The number of hydrogen-bond acceptors (Lipinski definition) is 3. The van der Waals surface area contributed by atoms with Gasteiger partial charge in [-0.25, -0.2) is 0 Å². The monoisotopic (exact) mass is 207 g/mol. The molecule has 0 saturated heterocycles. The first kappa shape index (κ1) is 10.4. The molecule has 0 radical (unpaired) electrons. The SMILES string of the molecule is CC(C)n1nc2c(c1C=O)CN(C)CC2. The molecular formula is C11H17N3O. The van der Waals surface area contributed by atoms with E-state index in [-0.39, 0.29) is 6.04 Å². The van der Waals surface area contributed by atoms with Gasteiger partial charge in [0.25, 0.3) is 0 Å². The van der Waals surface area contributed by atoms with Crippen LogP contribution in [-0.4, -0.2) is 34.6 Å². The van der Waals surface area contributed by atoms with Crippen LogP contribution in [0.5, 0.6) is 0 Å². The minimum absolute atomic E-state index is 0.251. The summed E-state index contributed by atoms with van der Waals surface area (Å²) >= 11 is 0. The highest BCUT2D eigenvalue weighted by molar-refractivity contribution is 5.75. The maximum absolute atomic E-state index is 11.1. The molecule has 0 saturated carbocycles. The molecule has 2 heterocycles. The third kappa shape index (κ3) is 1.69. The van der Waals surface area contributed by atoms with Crippen molar-refractivity contribution in [2.45, 2.75) is 32.9 Å². The number of carbonyl (C=O) groups is 1. The zero-order chi connectivity index (χ0) is 11.0. The van der Waals surface area contributed by atoms with Crippen LogP contribution >= 0.6 is 0 Å². The lowest BCUT2D eigenvalue weighted by Gasteiger charge is -2.21. The van der Waals surface area contributed by atoms with E-state index in [1.54, 1.807) is 0 Å². The summed E-state index contributed by atoms with van der Waals surface area (Å²) < 4.78 is 1.84. The van der Waals surface area contributed by atoms with E-state index in [0.29, 0.717) is 0 Å². The Bertz CT molecular complexity index is 381. The average molecular weight is 207 g/mol. The van der Waals surface area contributed by atoms with Crippen molar-refractivity contribution in [3.63, 3.8) is 0 Å². The van der Waals surface area contributed by atoms with Crippen LogP contribution in [0.4, 0.5) is 0 Å². The van der Waals surface area contributed by atoms with E-state index in [9.17, 15) is 4.79 Å². The smallest absolute Gasteiger partial charge is 0.168 e. The molecule has 0 unspecified atom stereocenters. The van der Waals surface area contributed by atoms with Gasteiger partial charge in [0.1, 0.15) is 5.69 Å². The number of likely N-dealkylation sites (N-methyl/N-ethyl adjacent to an activating group) is 1. The van der Waals surface area contributed by atoms with Gasteiger partial charge in [-0.1, -0.05) is 0 Å². The predicted octanol–water partition coefficient (Wildman–Crippen LogP) is 1.26. The molecule has 1 aliphatic rings. The Morgan fingerprint density at radius 3 is 2.80 bits per heavy atom. The molecule has 0 aliphatic carbocycles. The van der Waals surface area contributed by atoms with Crippen molar-refractivity contribution in [1.82, 2.24) is 14.7 Å². The van der Waals surface area contributed by atoms with Crippen molar-refractivity contribution in [2.75, 3.05) is 13.6 Å². The van der Waals surface area contributed by atoms with Gasteiger partial charge in [-0.15, -0.1) is 0 Å². The topological polar surface area (TPSA) is 38.1 Å². The number of aromatic nitrogens is 2. The van der Waals surface area contributed by atoms with E-state index in [0.717, 1.165) is 42.7 Å². The minimum Gasteiger partial charge on any atom is -0.302 e. The molecule has 1 aromatic heterocycles. The number of nitrogens with zero attached hydrogens (tertiary/aromatic N) is 3. The lowest BCUT2D eigenvalue weighted by Crippen LogP contribution is -2.26. The predicted molar refractivity (Wildman–Crippen MR) is 58.0 cm³/mol. The lowest BCUT2D eigenvalue weighted by molar-refractivity contribution is 0.111. The van der Waals surface area contributed by atoms with Gasteiger partial charge in [-0.05, 0) is 20.9 Å². The van der Waals surface area contributed by atoms with E-state index >= 15 is 0 Å². The van der Waals surface area contributed by atoms with Crippen LogP contribution in [0.2, 0.25) is 0 Å². The number of fused-ring (bicyclic) bond motifs is 1. The second-order valence-electron chi connectivity index (χ2n) is 4.45. The Morgan fingerprint density at radius 2 is 2.20 bits per heavy atom. The highest BCUT2D eigenvalue weighted by atomic mass is 16.1. The standard InChI is InChI=1S/C11H17N3O/c1-8(2)14-11(7-15)9-6-13(3)5-4-10(9)12-14/h7-8H,4-6H2,1-3H3. The maximum Gasteiger partial charge on any atom is 0.168 e. The number of carbonyl (C=O) groups excluding carboxylic acids is 1. The summed E-state index contributed by atoms with van der Waals surface area (Å²) in [5.41, 5.74) is 2.97. The molecule has 2 rings (SSSR count). The van der Waals surface area contributed by atoms with Gasteiger partial charge in [-0.3, -0.25) is 9.48 Å². The third-order valence-corrected chi connectivity index (χ3v) is 2.89. The molecule has 4 nitrogen and oxygen atoms in total. The summed E-state index contributed by atoms with van der Waals surface area (Å²) in [5.74, 6) is 0. The van der Waals surface area contributed by atoms with Crippen LogP contribution in [0.25, 0.3) is 0 Å². The van der Waals surface area contributed by atoms with Crippen LogP contribution in [-0.2, 0) is 13.0 Å². The molecule has 82 valence electrons. The van der Waals surface area contributed by atoms with Gasteiger partial charge in [0.05, 0.1) is 5.69 Å². The van der Waals surface area contributed by atoms with Crippen LogP contribution in [0, 0.1) is 0 Å². The lowest BCUT2D eigenvalue weighted by atomic mass is 10.1. The van der Waals surface area contributed by atoms with Gasteiger partial charge in [0.15, 0.2) is 6.29 Å². The van der Waals surface area contributed by atoms with E-state index in [4.69, 9.17) is 0 Å². The Morgan fingerprint density at radius 1 is 1.47 bits per heavy atom. The van der Waals surface area contributed by atoms with Gasteiger partial charge in [0.2, 0.25) is 0 Å². The molecule has 0 N–H and O–H groups in total. The average Bonchev–Trinajstić information content (AvgIpc) is 2.55. The summed E-state index contributed by atoms with van der Waals surface area (Å²) in [5, 5.41) is 4.51. The number of rotatable bonds is 2. The van der Waals surface area contributed by atoms with Crippen molar-refractivity contribution < 1.29 is 4.79 Å². The minimum atomic E-state index is 0.251. The van der Waals surface area contributed by atoms with Crippen molar-refractivity contribution >= 4 is 6.29 Å². The highest BCUT2D eigenvalue weighted by Gasteiger charge is 2.23. The van der Waals surface area contributed by atoms with Crippen LogP contribution < -0.4 is 0 Å². The molecule has 0 atom stereocenters. The molecule has 4 heteroatoms. The zero-order valence-corrected chi connectivity index (χ0v) is 9.53. The second kappa shape index (κ2) is 3.77. The quantitative estimate of drug-likeness (QED) is 0.685. The zero-order valence-electron chi connectivity index (χ0n) is 9.53. The van der Waals surface area contributed by atoms with Crippen LogP contribution in [0.15, 0.2) is 0 Å². The summed E-state index contributed by atoms with van der Waals surface area (Å²) in [6, 6.07) is 0.251. The first-order chi connectivity index (χ1) is 7.13. The van der Waals surface area contributed by atoms with E-state index < -0.39 is 0 Å². The molecule has 1 aromatic rings. The molecule has 0 fully saturated rings. The Hall–Kier alpha value is -1.16. The number of aldehydes is 1. The highest BCUT2D eigenvalue weighted by Crippen LogP contribution is 2.22. The normalized spacial score (nSPS) is 16.8. The van der Waals surface area contributed by atoms with E-state index in [1.165, 1.54) is 0 Å². The van der Waals surface area contributed by atoms with E-state index in [1.807, 2.05) is 4.68 Å². The molecule has 1 aliphatic heterocycles. The fraction of sp³-hybridized carbons (Fsp3) is 0.636. The van der Waals surface area contributed by atoms with Gasteiger partial charge in [0, 0.05) is 31.1 Å². The van der Waals surface area contributed by atoms with Crippen molar-refractivity contribution in [3.05, 3.63) is 17.0 Å². The summed E-state index contributed by atoms with van der Waals surface area (Å²) in [6.45, 7) is 5.97. The summed E-state index contributed by atoms with van der Waals surface area (Å²) in [6.07, 6.45) is 1.89. The first-order valence-corrected chi connectivity index (χ1v) is 5.37. The maximum atomic E-state index is 11.1.